The van der Waals surface area contributed by atoms with Crippen LogP contribution in [-0.4, -0.2) is 48.2 Å². The summed E-state index contributed by atoms with van der Waals surface area (Å²) in [5, 5.41) is 12.1. The lowest BCUT2D eigenvalue weighted by molar-refractivity contribution is -0.140. The number of aliphatic carboxylic acids is 1. The molecule has 0 aliphatic carbocycles. The van der Waals surface area contributed by atoms with Crippen molar-refractivity contribution in [1.82, 2.24) is 10.2 Å². The van der Waals surface area contributed by atoms with E-state index in [0.717, 1.165) is 19.5 Å². The summed E-state index contributed by atoms with van der Waals surface area (Å²) in [5.41, 5.74) is 0.408. The number of nitrogens with one attached hydrogen (secondary N) is 1. The Morgan fingerprint density at radius 3 is 2.71 bits per heavy atom. The van der Waals surface area contributed by atoms with Crippen molar-refractivity contribution in [1.29, 1.82) is 0 Å². The van der Waals surface area contributed by atoms with Crippen molar-refractivity contribution in [3.8, 4) is 0 Å². The van der Waals surface area contributed by atoms with E-state index in [9.17, 15) is 4.79 Å². The van der Waals surface area contributed by atoms with E-state index in [2.05, 4.69) is 24.1 Å². The molecular weight excluding hydrogens is 216 g/mol. The summed E-state index contributed by atoms with van der Waals surface area (Å²) in [6.07, 6.45) is 3.57. The summed E-state index contributed by atoms with van der Waals surface area (Å²) in [4.78, 5) is 13.4. The highest BCUT2D eigenvalue weighted by atomic mass is 16.4. The van der Waals surface area contributed by atoms with Gasteiger partial charge in [0.1, 0.15) is 6.04 Å². The number of rotatable bonds is 5. The van der Waals surface area contributed by atoms with Crippen molar-refractivity contribution < 1.29 is 9.90 Å². The Bertz CT molecular complexity index is 254. The van der Waals surface area contributed by atoms with Crippen molar-refractivity contribution >= 4 is 5.97 Å². The first-order valence-corrected chi connectivity index (χ1v) is 6.63. The molecular formula is C13H26N2O2. The van der Waals surface area contributed by atoms with Crippen molar-refractivity contribution in [3.05, 3.63) is 0 Å². The Kier molecular flexibility index (Phi) is 5.40. The van der Waals surface area contributed by atoms with Crippen LogP contribution in [0.25, 0.3) is 0 Å². The van der Waals surface area contributed by atoms with Crippen molar-refractivity contribution in [2.45, 2.75) is 46.1 Å². The van der Waals surface area contributed by atoms with E-state index in [1.54, 1.807) is 0 Å². The lowest BCUT2D eigenvalue weighted by atomic mass is 9.85. The molecule has 1 aliphatic rings. The van der Waals surface area contributed by atoms with Crippen LogP contribution < -0.4 is 5.32 Å². The normalized spacial score (nSPS) is 23.0. The van der Waals surface area contributed by atoms with Crippen LogP contribution in [-0.2, 0) is 4.79 Å². The molecule has 1 heterocycles. The van der Waals surface area contributed by atoms with E-state index in [-0.39, 0.29) is 0 Å². The molecule has 1 saturated heterocycles. The van der Waals surface area contributed by atoms with Crippen LogP contribution in [0.3, 0.4) is 0 Å². The Morgan fingerprint density at radius 2 is 2.12 bits per heavy atom. The fourth-order valence-electron chi connectivity index (χ4n) is 2.40. The molecule has 1 unspecified atom stereocenters. The molecule has 17 heavy (non-hydrogen) atoms. The molecule has 1 aliphatic heterocycles. The van der Waals surface area contributed by atoms with Gasteiger partial charge in [0.15, 0.2) is 0 Å². The number of carbonyl (C=O) groups is 1. The Morgan fingerprint density at radius 1 is 1.41 bits per heavy atom. The zero-order valence-corrected chi connectivity index (χ0v) is 11.3. The first-order chi connectivity index (χ1) is 7.94. The summed E-state index contributed by atoms with van der Waals surface area (Å²) in [6.45, 7) is 9.92. The maximum Gasteiger partial charge on any atom is 0.322 e. The molecule has 4 nitrogen and oxygen atoms in total. The van der Waals surface area contributed by atoms with Gasteiger partial charge >= 0.3 is 5.97 Å². The summed E-state index contributed by atoms with van der Waals surface area (Å²) < 4.78 is 0. The van der Waals surface area contributed by atoms with Gasteiger partial charge in [0.05, 0.1) is 0 Å². The van der Waals surface area contributed by atoms with Gasteiger partial charge in [-0.2, -0.15) is 0 Å². The van der Waals surface area contributed by atoms with Crippen LogP contribution in [0.2, 0.25) is 0 Å². The highest BCUT2D eigenvalue weighted by Gasteiger charge is 2.26. The van der Waals surface area contributed by atoms with Gasteiger partial charge in [0, 0.05) is 6.54 Å². The zero-order chi connectivity index (χ0) is 12.9. The third kappa shape index (κ3) is 5.04. The van der Waals surface area contributed by atoms with E-state index >= 15 is 0 Å². The van der Waals surface area contributed by atoms with Crippen LogP contribution >= 0.6 is 0 Å². The van der Waals surface area contributed by atoms with E-state index in [4.69, 9.17) is 5.11 Å². The van der Waals surface area contributed by atoms with Gasteiger partial charge in [-0.1, -0.05) is 20.8 Å². The molecule has 1 rings (SSSR count). The summed E-state index contributed by atoms with van der Waals surface area (Å²) in [6, 6.07) is -0.429. The minimum Gasteiger partial charge on any atom is -0.480 e. The van der Waals surface area contributed by atoms with Crippen LogP contribution in [0, 0.1) is 5.41 Å². The standard InChI is InChI=1S/C13H26N2O2/c1-4-14-11(12(16)17)10-15-8-5-6-13(2,3)7-9-15/h11,14H,4-10H2,1-3H3,(H,16,17). The fourth-order valence-corrected chi connectivity index (χ4v) is 2.40. The molecule has 0 amide bonds. The molecule has 0 radical (unpaired) electrons. The maximum atomic E-state index is 11.1. The topological polar surface area (TPSA) is 52.6 Å². The SMILES string of the molecule is CCNC(CN1CCCC(C)(C)CC1)C(=O)O. The lowest BCUT2D eigenvalue weighted by Gasteiger charge is -2.25. The number of carboxylic acid groups (broad SMARTS) is 1. The van der Waals surface area contributed by atoms with E-state index in [1.165, 1.54) is 12.8 Å². The van der Waals surface area contributed by atoms with Gasteiger partial charge < -0.3 is 15.3 Å². The van der Waals surface area contributed by atoms with Gasteiger partial charge in [0.25, 0.3) is 0 Å². The molecule has 1 atom stereocenters. The monoisotopic (exact) mass is 242 g/mol. The number of likely N-dealkylation sites (tertiary alicyclic amines) is 1. The molecule has 1 fully saturated rings. The van der Waals surface area contributed by atoms with Crippen molar-refractivity contribution in [2.24, 2.45) is 5.41 Å². The Labute approximate surface area is 104 Å². The third-order valence-corrected chi connectivity index (χ3v) is 3.62. The second kappa shape index (κ2) is 6.36. The van der Waals surface area contributed by atoms with Crippen LogP contribution in [0.4, 0.5) is 0 Å². The average Bonchev–Trinajstić information content (AvgIpc) is 2.39. The van der Waals surface area contributed by atoms with Gasteiger partial charge in [-0.05, 0) is 44.3 Å². The third-order valence-electron chi connectivity index (χ3n) is 3.62. The molecule has 4 heteroatoms. The Balaban J connectivity index is 2.47. The van der Waals surface area contributed by atoms with Crippen LogP contribution in [0.15, 0.2) is 0 Å². The minimum absolute atomic E-state index is 0.408. The number of nitrogens with zero attached hydrogens (tertiary/aromatic N) is 1. The van der Waals surface area contributed by atoms with E-state index in [0.29, 0.717) is 18.5 Å². The first-order valence-electron chi connectivity index (χ1n) is 6.63. The predicted molar refractivity (Wildman–Crippen MR) is 69.2 cm³/mol. The first kappa shape index (κ1) is 14.5. The molecule has 0 saturated carbocycles. The number of hydrogen-bond donors (Lipinski definition) is 2. The highest BCUT2D eigenvalue weighted by Crippen LogP contribution is 2.29. The molecule has 0 aromatic carbocycles. The van der Waals surface area contributed by atoms with Crippen molar-refractivity contribution in [2.75, 3.05) is 26.2 Å². The summed E-state index contributed by atoms with van der Waals surface area (Å²) in [7, 11) is 0. The van der Waals surface area contributed by atoms with E-state index < -0.39 is 12.0 Å². The number of likely N-dealkylation sites (N-methyl/N-ethyl adjacent to an activating group) is 1. The molecule has 0 spiro atoms. The van der Waals surface area contributed by atoms with E-state index in [1.807, 2.05) is 6.92 Å². The van der Waals surface area contributed by atoms with Crippen molar-refractivity contribution in [3.63, 3.8) is 0 Å². The van der Waals surface area contributed by atoms with Gasteiger partial charge in [-0.25, -0.2) is 0 Å². The highest BCUT2D eigenvalue weighted by molar-refractivity contribution is 5.73. The van der Waals surface area contributed by atoms with Crippen LogP contribution in [0.1, 0.15) is 40.0 Å². The summed E-state index contributed by atoms with van der Waals surface area (Å²) in [5.74, 6) is -0.740. The molecule has 100 valence electrons. The van der Waals surface area contributed by atoms with Crippen LogP contribution in [0.5, 0.6) is 0 Å². The lowest BCUT2D eigenvalue weighted by Crippen LogP contribution is -2.46. The second-order valence-corrected chi connectivity index (χ2v) is 5.77. The molecule has 0 bridgehead atoms. The maximum absolute atomic E-state index is 11.1. The second-order valence-electron chi connectivity index (χ2n) is 5.77. The zero-order valence-electron chi connectivity index (χ0n) is 11.3. The Hall–Kier alpha value is -0.610. The fraction of sp³-hybridized carbons (Fsp3) is 0.923. The molecule has 2 N–H and O–H groups in total. The largest absolute Gasteiger partial charge is 0.480 e. The number of carboxylic acids is 1. The smallest absolute Gasteiger partial charge is 0.322 e. The molecule has 0 aromatic heterocycles. The summed E-state index contributed by atoms with van der Waals surface area (Å²) >= 11 is 0. The quantitative estimate of drug-likeness (QED) is 0.768. The number of hydrogen-bond acceptors (Lipinski definition) is 3. The predicted octanol–water partition coefficient (Wildman–Crippen LogP) is 1.56. The van der Waals surface area contributed by atoms with Gasteiger partial charge in [-0.15, -0.1) is 0 Å². The van der Waals surface area contributed by atoms with Gasteiger partial charge in [-0.3, -0.25) is 4.79 Å². The minimum atomic E-state index is -0.740. The average molecular weight is 242 g/mol. The van der Waals surface area contributed by atoms with Gasteiger partial charge in [0.2, 0.25) is 0 Å². The molecule has 0 aromatic rings.